The van der Waals surface area contributed by atoms with Crippen LogP contribution in [0.5, 0.6) is 0 Å². The average molecular weight is 231 g/mol. The number of hydrogen-bond acceptors (Lipinski definition) is 7. The number of Topliss-reactive ketones (excluding diaryl/α,β-unsaturated/α-hetero) is 2. The summed E-state index contributed by atoms with van der Waals surface area (Å²) in [7, 11) is 0. The van der Waals surface area contributed by atoms with Crippen LogP contribution in [0.4, 0.5) is 0 Å². The van der Waals surface area contributed by atoms with Crippen LogP contribution >= 0.6 is 0 Å². The molecule has 90 valence electrons. The fourth-order valence-corrected chi connectivity index (χ4v) is 0.667. The highest BCUT2D eigenvalue weighted by atomic mass is 16.7. The molecule has 0 aliphatic rings. The van der Waals surface area contributed by atoms with Crippen LogP contribution in [0.3, 0.4) is 0 Å². The zero-order valence-electron chi connectivity index (χ0n) is 9.07. The van der Waals surface area contributed by atoms with Gasteiger partial charge in [0, 0.05) is 19.9 Å². The molecule has 0 aromatic rings. The summed E-state index contributed by atoms with van der Waals surface area (Å²) in [6.45, 7) is 2.69. The third-order valence-electron chi connectivity index (χ3n) is 1.41. The molecule has 0 bridgehead atoms. The van der Waals surface area contributed by atoms with E-state index in [-0.39, 0.29) is 19.6 Å². The highest BCUT2D eigenvalue weighted by Crippen LogP contribution is 1.87. The minimum atomic E-state index is -1.05. The Balaban J connectivity index is 3.67. The van der Waals surface area contributed by atoms with E-state index in [2.05, 4.69) is 15.1 Å². The number of ether oxygens (including phenoxy) is 1. The molecule has 0 fully saturated rings. The molecular formula is C9H13NO6. The summed E-state index contributed by atoms with van der Waals surface area (Å²) in [5.74, 6) is -3.47. The fraction of sp³-hybridized carbons (Fsp3) is 0.556. The topological polar surface area (TPSA) is 98.8 Å². The third kappa shape index (κ3) is 5.86. The largest absolute Gasteiger partial charge is 0.460 e. The molecule has 0 rings (SSSR count). The fourth-order valence-electron chi connectivity index (χ4n) is 0.667. The van der Waals surface area contributed by atoms with Gasteiger partial charge in [0.05, 0.1) is 6.61 Å². The Kier molecular flexibility index (Phi) is 6.69. The smallest absolute Gasteiger partial charge is 0.392 e. The summed E-state index contributed by atoms with van der Waals surface area (Å²) >= 11 is 0. The van der Waals surface area contributed by atoms with Crippen molar-refractivity contribution >= 4 is 23.5 Å². The third-order valence-corrected chi connectivity index (χ3v) is 1.41. The Labute approximate surface area is 92.0 Å². The van der Waals surface area contributed by atoms with Crippen molar-refractivity contribution < 1.29 is 28.8 Å². The number of hydroxylamine groups is 1. The molecule has 0 heterocycles. The van der Waals surface area contributed by atoms with Gasteiger partial charge >= 0.3 is 11.9 Å². The van der Waals surface area contributed by atoms with Crippen LogP contribution in [0, 0.1) is 0 Å². The number of carbonyl (C=O) groups is 4. The molecular weight excluding hydrogens is 218 g/mol. The van der Waals surface area contributed by atoms with Crippen LogP contribution in [-0.2, 0) is 28.8 Å². The van der Waals surface area contributed by atoms with E-state index in [0.29, 0.717) is 0 Å². The van der Waals surface area contributed by atoms with E-state index in [9.17, 15) is 19.2 Å². The number of ketones is 2. The zero-order valence-corrected chi connectivity index (χ0v) is 9.07. The lowest BCUT2D eigenvalue weighted by Crippen LogP contribution is -2.28. The maximum Gasteiger partial charge on any atom is 0.392 e. The summed E-state index contributed by atoms with van der Waals surface area (Å²) < 4.78 is 4.44. The first-order valence-corrected chi connectivity index (χ1v) is 4.63. The van der Waals surface area contributed by atoms with Gasteiger partial charge < -0.3 is 9.57 Å². The van der Waals surface area contributed by atoms with E-state index in [1.807, 2.05) is 0 Å². The SMILES string of the molecule is CCOC(=O)C(=O)CCNOC(=O)C(C)=O. The molecule has 0 unspecified atom stereocenters. The number of esters is 1. The summed E-state index contributed by atoms with van der Waals surface area (Å²) in [4.78, 5) is 47.1. The maximum atomic E-state index is 11.0. The monoisotopic (exact) mass is 231 g/mol. The van der Waals surface area contributed by atoms with Crippen LogP contribution in [0.15, 0.2) is 0 Å². The highest BCUT2D eigenvalue weighted by molar-refractivity contribution is 6.33. The highest BCUT2D eigenvalue weighted by Gasteiger charge is 2.14. The van der Waals surface area contributed by atoms with Gasteiger partial charge in [-0.15, -0.1) is 0 Å². The van der Waals surface area contributed by atoms with Crippen molar-refractivity contribution in [2.24, 2.45) is 0 Å². The van der Waals surface area contributed by atoms with Gasteiger partial charge in [0.2, 0.25) is 11.6 Å². The predicted octanol–water partition coefficient (Wildman–Crippen LogP) is -0.854. The van der Waals surface area contributed by atoms with Crippen molar-refractivity contribution in [3.63, 3.8) is 0 Å². The average Bonchev–Trinajstić information content (AvgIpc) is 2.23. The first kappa shape index (κ1) is 14.2. The maximum absolute atomic E-state index is 11.0. The molecule has 0 aromatic heterocycles. The van der Waals surface area contributed by atoms with Gasteiger partial charge in [-0.25, -0.2) is 9.59 Å². The van der Waals surface area contributed by atoms with E-state index < -0.39 is 23.5 Å². The normalized spacial score (nSPS) is 9.38. The minimum Gasteiger partial charge on any atom is -0.460 e. The van der Waals surface area contributed by atoms with Crippen molar-refractivity contribution in [3.05, 3.63) is 0 Å². The molecule has 0 amide bonds. The first-order valence-electron chi connectivity index (χ1n) is 4.63. The van der Waals surface area contributed by atoms with E-state index in [1.54, 1.807) is 6.92 Å². The van der Waals surface area contributed by atoms with Gasteiger partial charge in [-0.05, 0) is 6.92 Å². The lowest BCUT2D eigenvalue weighted by atomic mass is 10.3. The van der Waals surface area contributed by atoms with Gasteiger partial charge in [-0.1, -0.05) is 0 Å². The zero-order chi connectivity index (χ0) is 12.6. The molecule has 0 aliphatic carbocycles. The standard InChI is InChI=1S/C9H13NO6/c1-3-15-9(14)7(12)4-5-10-16-8(13)6(2)11/h10H,3-5H2,1-2H3. The van der Waals surface area contributed by atoms with Crippen molar-refractivity contribution in [2.75, 3.05) is 13.2 Å². The number of hydrogen-bond donors (Lipinski definition) is 1. The molecule has 7 heteroatoms. The Morgan fingerprint density at radius 2 is 1.75 bits per heavy atom. The summed E-state index contributed by atoms with van der Waals surface area (Å²) in [5, 5.41) is 0. The van der Waals surface area contributed by atoms with Gasteiger partial charge in [0.25, 0.3) is 0 Å². The van der Waals surface area contributed by atoms with Gasteiger partial charge in [-0.3, -0.25) is 9.59 Å². The second-order valence-corrected chi connectivity index (χ2v) is 2.73. The molecule has 0 saturated carbocycles. The molecule has 0 radical (unpaired) electrons. The summed E-state index contributed by atoms with van der Waals surface area (Å²) in [5.41, 5.74) is 2.10. The van der Waals surface area contributed by atoms with Gasteiger partial charge in [-0.2, -0.15) is 5.48 Å². The minimum absolute atomic E-state index is 0.0589. The van der Waals surface area contributed by atoms with Gasteiger partial charge in [0.1, 0.15) is 0 Å². The molecule has 0 aromatic carbocycles. The van der Waals surface area contributed by atoms with Crippen LogP contribution < -0.4 is 5.48 Å². The Morgan fingerprint density at radius 3 is 2.25 bits per heavy atom. The second-order valence-electron chi connectivity index (χ2n) is 2.73. The Bertz CT molecular complexity index is 298. The molecule has 7 nitrogen and oxygen atoms in total. The van der Waals surface area contributed by atoms with E-state index >= 15 is 0 Å². The van der Waals surface area contributed by atoms with Crippen LogP contribution in [0.25, 0.3) is 0 Å². The summed E-state index contributed by atoms with van der Waals surface area (Å²) in [6.07, 6.45) is -0.177. The molecule has 16 heavy (non-hydrogen) atoms. The van der Waals surface area contributed by atoms with Crippen LogP contribution in [-0.4, -0.2) is 36.7 Å². The number of carbonyl (C=O) groups excluding carboxylic acids is 4. The van der Waals surface area contributed by atoms with Crippen molar-refractivity contribution in [3.8, 4) is 0 Å². The number of rotatable bonds is 7. The van der Waals surface area contributed by atoms with Crippen LogP contribution in [0.1, 0.15) is 20.3 Å². The predicted molar refractivity (Wildman–Crippen MR) is 51.0 cm³/mol. The van der Waals surface area contributed by atoms with Crippen molar-refractivity contribution in [1.82, 2.24) is 5.48 Å². The molecule has 0 atom stereocenters. The molecule has 0 saturated heterocycles. The quantitative estimate of drug-likeness (QED) is 0.263. The first-order chi connectivity index (χ1) is 7.49. The lowest BCUT2D eigenvalue weighted by Gasteiger charge is -2.03. The Hall–Kier alpha value is -1.76. The van der Waals surface area contributed by atoms with Crippen molar-refractivity contribution in [1.29, 1.82) is 0 Å². The van der Waals surface area contributed by atoms with Gasteiger partial charge in [0.15, 0.2) is 0 Å². The molecule has 0 spiro atoms. The van der Waals surface area contributed by atoms with Crippen LogP contribution in [0.2, 0.25) is 0 Å². The van der Waals surface area contributed by atoms with E-state index in [1.165, 1.54) is 0 Å². The second kappa shape index (κ2) is 7.52. The lowest BCUT2D eigenvalue weighted by molar-refractivity contribution is -0.159. The number of nitrogens with one attached hydrogen (secondary N) is 1. The summed E-state index contributed by atoms with van der Waals surface area (Å²) in [6, 6.07) is 0. The molecule has 0 aliphatic heterocycles. The van der Waals surface area contributed by atoms with E-state index in [0.717, 1.165) is 6.92 Å². The Morgan fingerprint density at radius 1 is 1.12 bits per heavy atom. The van der Waals surface area contributed by atoms with E-state index in [4.69, 9.17) is 0 Å². The van der Waals surface area contributed by atoms with Crippen molar-refractivity contribution in [2.45, 2.75) is 20.3 Å². The molecule has 1 N–H and O–H groups in total.